The third-order valence-corrected chi connectivity index (χ3v) is 4.85. The Morgan fingerprint density at radius 3 is 2.41 bits per heavy atom. The average Bonchev–Trinajstić information content (AvgIpc) is 3.02. The number of ether oxygens (including phenoxy) is 1. The number of imidazole rings is 1. The van der Waals surface area contributed by atoms with Crippen molar-refractivity contribution >= 4 is 17.2 Å². The summed E-state index contributed by atoms with van der Waals surface area (Å²) in [6.45, 7) is 6.32. The van der Waals surface area contributed by atoms with Crippen molar-refractivity contribution < 1.29 is 4.74 Å². The van der Waals surface area contributed by atoms with E-state index in [4.69, 9.17) is 9.72 Å². The summed E-state index contributed by atoms with van der Waals surface area (Å²) in [4.78, 5) is 4.92. The quantitative estimate of drug-likeness (QED) is 0.511. The van der Waals surface area contributed by atoms with Gasteiger partial charge >= 0.3 is 0 Å². The highest BCUT2D eigenvalue weighted by Crippen LogP contribution is 2.34. The predicted octanol–water partition coefficient (Wildman–Crippen LogP) is 5.68. The number of aryl methyl sites for hydroxylation is 3. The number of pyridine rings is 1. The SMILES string of the molecule is COc1cccc(-c2nc3cc(C)ccn3c2Nc2c(C)cccc2C)c1. The number of rotatable bonds is 4. The summed E-state index contributed by atoms with van der Waals surface area (Å²) in [5.41, 5.74) is 7.54. The molecule has 4 aromatic rings. The van der Waals surface area contributed by atoms with Crippen molar-refractivity contribution in [3.8, 4) is 17.0 Å². The Morgan fingerprint density at radius 1 is 0.926 bits per heavy atom. The summed E-state index contributed by atoms with van der Waals surface area (Å²) in [5, 5.41) is 3.65. The van der Waals surface area contributed by atoms with Crippen molar-refractivity contribution in [1.29, 1.82) is 0 Å². The molecule has 0 aliphatic carbocycles. The van der Waals surface area contributed by atoms with Gasteiger partial charge in [0, 0.05) is 17.4 Å². The number of aromatic nitrogens is 2. The number of fused-ring (bicyclic) bond motifs is 1. The van der Waals surface area contributed by atoms with Gasteiger partial charge in [-0.25, -0.2) is 4.98 Å². The summed E-state index contributed by atoms with van der Waals surface area (Å²) < 4.78 is 7.52. The van der Waals surface area contributed by atoms with Gasteiger partial charge in [0.15, 0.2) is 0 Å². The summed E-state index contributed by atoms with van der Waals surface area (Å²) in [7, 11) is 1.68. The van der Waals surface area contributed by atoms with Crippen LogP contribution in [0, 0.1) is 20.8 Å². The molecular formula is C23H23N3O. The minimum Gasteiger partial charge on any atom is -0.497 e. The topological polar surface area (TPSA) is 38.6 Å². The van der Waals surface area contributed by atoms with E-state index in [1.54, 1.807) is 7.11 Å². The molecule has 0 saturated carbocycles. The molecule has 136 valence electrons. The van der Waals surface area contributed by atoms with E-state index in [1.165, 1.54) is 16.7 Å². The Labute approximate surface area is 159 Å². The van der Waals surface area contributed by atoms with E-state index in [2.05, 4.69) is 73.1 Å². The first-order valence-corrected chi connectivity index (χ1v) is 9.03. The van der Waals surface area contributed by atoms with Crippen LogP contribution in [0.15, 0.2) is 60.8 Å². The minimum absolute atomic E-state index is 0.818. The van der Waals surface area contributed by atoms with E-state index >= 15 is 0 Å². The summed E-state index contributed by atoms with van der Waals surface area (Å²) in [6.07, 6.45) is 2.07. The molecule has 27 heavy (non-hydrogen) atoms. The fraction of sp³-hybridized carbons (Fsp3) is 0.174. The molecule has 2 aromatic heterocycles. The zero-order chi connectivity index (χ0) is 19.0. The molecule has 0 unspecified atom stereocenters. The smallest absolute Gasteiger partial charge is 0.143 e. The van der Waals surface area contributed by atoms with Crippen LogP contribution in [0.2, 0.25) is 0 Å². The van der Waals surface area contributed by atoms with Crippen molar-refractivity contribution in [3.05, 3.63) is 77.5 Å². The molecule has 0 aliphatic heterocycles. The third-order valence-electron chi connectivity index (χ3n) is 4.85. The van der Waals surface area contributed by atoms with Gasteiger partial charge in [-0.3, -0.25) is 4.40 Å². The first kappa shape index (κ1) is 17.2. The molecule has 0 fully saturated rings. The monoisotopic (exact) mass is 357 g/mol. The van der Waals surface area contributed by atoms with E-state index in [1.807, 2.05) is 18.2 Å². The highest BCUT2D eigenvalue weighted by Gasteiger charge is 2.16. The van der Waals surface area contributed by atoms with Crippen LogP contribution in [0.5, 0.6) is 5.75 Å². The molecule has 0 amide bonds. The number of nitrogens with one attached hydrogen (secondary N) is 1. The largest absolute Gasteiger partial charge is 0.497 e. The lowest BCUT2D eigenvalue weighted by Gasteiger charge is -2.14. The number of nitrogens with zero attached hydrogens (tertiary/aromatic N) is 2. The Bertz CT molecular complexity index is 1110. The molecule has 0 radical (unpaired) electrons. The van der Waals surface area contributed by atoms with Crippen molar-refractivity contribution in [2.75, 3.05) is 12.4 Å². The van der Waals surface area contributed by atoms with Gasteiger partial charge in [0.2, 0.25) is 0 Å². The van der Waals surface area contributed by atoms with Crippen LogP contribution >= 0.6 is 0 Å². The van der Waals surface area contributed by atoms with Gasteiger partial charge in [0.1, 0.15) is 22.9 Å². The first-order chi connectivity index (χ1) is 13.1. The van der Waals surface area contributed by atoms with Gasteiger partial charge in [0.25, 0.3) is 0 Å². The van der Waals surface area contributed by atoms with E-state index < -0.39 is 0 Å². The standard InChI is InChI=1S/C23H23N3O/c1-15-11-12-26-20(13-15)24-22(18-9-6-10-19(14-18)27-4)23(26)25-21-16(2)7-5-8-17(21)3/h5-14,25H,1-4H3. The number of anilines is 2. The molecule has 4 nitrogen and oxygen atoms in total. The number of methoxy groups -OCH3 is 1. The van der Waals surface area contributed by atoms with E-state index in [0.29, 0.717) is 0 Å². The first-order valence-electron chi connectivity index (χ1n) is 9.03. The van der Waals surface area contributed by atoms with E-state index in [9.17, 15) is 0 Å². The Balaban J connectivity index is 1.94. The number of para-hydroxylation sites is 1. The van der Waals surface area contributed by atoms with Crippen LogP contribution in [0.25, 0.3) is 16.9 Å². The van der Waals surface area contributed by atoms with Gasteiger partial charge in [-0.1, -0.05) is 30.3 Å². The van der Waals surface area contributed by atoms with Crippen LogP contribution in [0.4, 0.5) is 11.5 Å². The van der Waals surface area contributed by atoms with Gasteiger partial charge < -0.3 is 10.1 Å². The molecule has 0 atom stereocenters. The van der Waals surface area contributed by atoms with Crippen molar-refractivity contribution in [2.45, 2.75) is 20.8 Å². The summed E-state index contributed by atoms with van der Waals surface area (Å²) in [5.74, 6) is 1.77. The van der Waals surface area contributed by atoms with Gasteiger partial charge in [-0.2, -0.15) is 0 Å². The highest BCUT2D eigenvalue weighted by molar-refractivity contribution is 5.81. The lowest BCUT2D eigenvalue weighted by Crippen LogP contribution is -2.00. The lowest BCUT2D eigenvalue weighted by molar-refractivity contribution is 0.415. The molecule has 0 aliphatic rings. The zero-order valence-electron chi connectivity index (χ0n) is 16.1. The maximum atomic E-state index is 5.41. The van der Waals surface area contributed by atoms with Crippen molar-refractivity contribution in [3.63, 3.8) is 0 Å². The normalized spacial score (nSPS) is 11.0. The molecule has 4 rings (SSSR count). The van der Waals surface area contributed by atoms with E-state index in [0.717, 1.165) is 34.2 Å². The third kappa shape index (κ3) is 3.14. The Kier molecular flexibility index (Phi) is 4.32. The zero-order valence-corrected chi connectivity index (χ0v) is 16.1. The van der Waals surface area contributed by atoms with Crippen LogP contribution < -0.4 is 10.1 Å². The van der Waals surface area contributed by atoms with E-state index in [-0.39, 0.29) is 0 Å². The predicted molar refractivity (Wildman–Crippen MR) is 111 cm³/mol. The lowest BCUT2D eigenvalue weighted by atomic mass is 10.1. The Morgan fingerprint density at radius 2 is 1.67 bits per heavy atom. The minimum atomic E-state index is 0.818. The number of hydrogen-bond donors (Lipinski definition) is 1. The molecule has 0 saturated heterocycles. The highest BCUT2D eigenvalue weighted by atomic mass is 16.5. The van der Waals surface area contributed by atoms with Crippen molar-refractivity contribution in [1.82, 2.24) is 9.38 Å². The molecule has 2 heterocycles. The average molecular weight is 357 g/mol. The van der Waals surface area contributed by atoms with Gasteiger partial charge in [0.05, 0.1) is 7.11 Å². The fourth-order valence-electron chi connectivity index (χ4n) is 3.37. The van der Waals surface area contributed by atoms with Gasteiger partial charge in [-0.15, -0.1) is 0 Å². The second-order valence-electron chi connectivity index (χ2n) is 6.87. The number of benzene rings is 2. The summed E-state index contributed by atoms with van der Waals surface area (Å²) >= 11 is 0. The van der Waals surface area contributed by atoms with Crippen LogP contribution in [-0.4, -0.2) is 16.5 Å². The molecule has 4 heteroatoms. The Hall–Kier alpha value is -3.27. The van der Waals surface area contributed by atoms with Crippen LogP contribution in [-0.2, 0) is 0 Å². The maximum absolute atomic E-state index is 5.41. The van der Waals surface area contributed by atoms with Gasteiger partial charge in [-0.05, 0) is 61.7 Å². The molecule has 0 spiro atoms. The van der Waals surface area contributed by atoms with Crippen LogP contribution in [0.3, 0.4) is 0 Å². The fourth-order valence-corrected chi connectivity index (χ4v) is 3.37. The second-order valence-corrected chi connectivity index (χ2v) is 6.87. The second kappa shape index (κ2) is 6.80. The van der Waals surface area contributed by atoms with Crippen molar-refractivity contribution in [2.24, 2.45) is 0 Å². The molecule has 0 bridgehead atoms. The maximum Gasteiger partial charge on any atom is 0.143 e. The molecule has 2 aromatic carbocycles. The van der Waals surface area contributed by atoms with Crippen LogP contribution in [0.1, 0.15) is 16.7 Å². The summed E-state index contributed by atoms with van der Waals surface area (Å²) in [6, 6.07) is 18.5. The molecular weight excluding hydrogens is 334 g/mol. The number of hydrogen-bond acceptors (Lipinski definition) is 3. The molecule has 1 N–H and O–H groups in total.